The van der Waals surface area contributed by atoms with Gasteiger partial charge in [0.2, 0.25) is 0 Å². The van der Waals surface area contributed by atoms with Crippen LogP contribution < -0.4 is 10.6 Å². The van der Waals surface area contributed by atoms with E-state index in [-0.39, 0.29) is 6.10 Å². The summed E-state index contributed by atoms with van der Waals surface area (Å²) in [6, 6.07) is 10.3. The number of hydrogen-bond donors (Lipinski definition) is 2. The van der Waals surface area contributed by atoms with E-state index >= 15 is 0 Å². The number of aliphatic imine (C=N–C) groups is 1. The summed E-state index contributed by atoms with van der Waals surface area (Å²) in [5, 5.41) is 11.0. The van der Waals surface area contributed by atoms with Gasteiger partial charge in [-0.15, -0.1) is 0 Å². The molecular weight excluding hydrogens is 352 g/mol. The molecule has 1 aromatic heterocycles. The highest BCUT2D eigenvalue weighted by molar-refractivity contribution is 5.79. The molecule has 1 aliphatic heterocycles. The van der Waals surface area contributed by atoms with E-state index in [4.69, 9.17) is 4.74 Å². The van der Waals surface area contributed by atoms with Crippen LogP contribution in [0.3, 0.4) is 0 Å². The number of hydrogen-bond acceptors (Lipinski definition) is 4. The van der Waals surface area contributed by atoms with Gasteiger partial charge in [-0.2, -0.15) is 5.10 Å². The van der Waals surface area contributed by atoms with Crippen LogP contribution in [0.1, 0.15) is 19.4 Å². The summed E-state index contributed by atoms with van der Waals surface area (Å²) in [6.07, 6.45) is 3.91. The van der Waals surface area contributed by atoms with Crippen LogP contribution in [0.15, 0.2) is 47.7 Å². The van der Waals surface area contributed by atoms with Crippen LogP contribution in [0.5, 0.6) is 0 Å². The van der Waals surface area contributed by atoms with Crippen LogP contribution in [0.2, 0.25) is 0 Å². The van der Waals surface area contributed by atoms with Gasteiger partial charge in [-0.1, -0.05) is 26.0 Å². The molecule has 1 aromatic carbocycles. The van der Waals surface area contributed by atoms with Crippen molar-refractivity contribution >= 4 is 5.96 Å². The number of nitrogens with zero attached hydrogens (tertiary/aromatic N) is 4. The summed E-state index contributed by atoms with van der Waals surface area (Å²) in [4.78, 5) is 6.81. The average Bonchev–Trinajstić information content (AvgIpc) is 3.23. The number of aromatic nitrogens is 2. The third-order valence-electron chi connectivity index (χ3n) is 4.73. The molecule has 0 radical (unpaired) electrons. The molecule has 1 atom stereocenters. The molecule has 2 aromatic rings. The highest BCUT2D eigenvalue weighted by atomic mass is 16.5. The van der Waals surface area contributed by atoms with E-state index in [1.165, 1.54) is 5.56 Å². The van der Waals surface area contributed by atoms with Gasteiger partial charge < -0.3 is 15.4 Å². The van der Waals surface area contributed by atoms with E-state index in [9.17, 15) is 0 Å². The Balaban J connectivity index is 1.43. The Bertz CT molecular complexity index is 726. The topological polar surface area (TPSA) is 66.7 Å². The molecule has 1 saturated heterocycles. The van der Waals surface area contributed by atoms with Crippen molar-refractivity contribution in [3.63, 3.8) is 0 Å². The zero-order valence-electron chi connectivity index (χ0n) is 17.1. The normalized spacial score (nSPS) is 18.4. The van der Waals surface area contributed by atoms with Gasteiger partial charge in [0.15, 0.2) is 5.96 Å². The summed E-state index contributed by atoms with van der Waals surface area (Å²) in [6.45, 7) is 9.91. The first-order valence-electron chi connectivity index (χ1n) is 10.0. The van der Waals surface area contributed by atoms with E-state index in [1.807, 2.05) is 16.9 Å². The van der Waals surface area contributed by atoms with E-state index in [1.54, 1.807) is 13.2 Å². The number of morpholine rings is 1. The molecule has 1 unspecified atom stereocenters. The van der Waals surface area contributed by atoms with Crippen molar-refractivity contribution in [2.45, 2.75) is 26.5 Å². The monoisotopic (exact) mass is 384 g/mol. The molecule has 0 amide bonds. The molecule has 3 rings (SSSR count). The van der Waals surface area contributed by atoms with Gasteiger partial charge in [0.25, 0.3) is 0 Å². The first-order valence-corrected chi connectivity index (χ1v) is 10.0. The Hall–Kier alpha value is -2.38. The van der Waals surface area contributed by atoms with Crippen molar-refractivity contribution in [1.82, 2.24) is 25.3 Å². The van der Waals surface area contributed by atoms with Gasteiger partial charge >= 0.3 is 0 Å². The molecular formula is C21H32N6O. The fourth-order valence-corrected chi connectivity index (χ4v) is 3.39. The van der Waals surface area contributed by atoms with Gasteiger partial charge in [-0.3, -0.25) is 9.89 Å². The number of guanidine groups is 1. The lowest BCUT2D eigenvalue weighted by atomic mass is 10.2. The summed E-state index contributed by atoms with van der Waals surface area (Å²) in [5.41, 5.74) is 2.24. The largest absolute Gasteiger partial charge is 0.374 e. The Kier molecular flexibility index (Phi) is 7.45. The molecule has 2 heterocycles. The lowest BCUT2D eigenvalue weighted by Gasteiger charge is -2.34. The summed E-state index contributed by atoms with van der Waals surface area (Å²) in [5.74, 6) is 1.47. The van der Waals surface area contributed by atoms with Crippen molar-refractivity contribution in [3.8, 4) is 5.69 Å². The number of benzene rings is 1. The SMILES string of the molecule is CN=C(NCc1ccc(-n2cccn2)cc1)NCC1CN(CC(C)C)CCO1. The van der Waals surface area contributed by atoms with Crippen molar-refractivity contribution in [2.24, 2.45) is 10.9 Å². The maximum Gasteiger partial charge on any atom is 0.191 e. The van der Waals surface area contributed by atoms with E-state index in [2.05, 4.69) is 63.7 Å². The zero-order valence-corrected chi connectivity index (χ0v) is 17.1. The van der Waals surface area contributed by atoms with Crippen molar-refractivity contribution in [1.29, 1.82) is 0 Å². The van der Waals surface area contributed by atoms with Crippen LogP contribution in [-0.4, -0.2) is 66.6 Å². The van der Waals surface area contributed by atoms with Gasteiger partial charge in [0.1, 0.15) is 0 Å². The Morgan fingerprint density at radius 2 is 2.11 bits per heavy atom. The van der Waals surface area contributed by atoms with E-state index in [0.29, 0.717) is 12.5 Å². The zero-order chi connectivity index (χ0) is 19.8. The fourth-order valence-electron chi connectivity index (χ4n) is 3.39. The standard InChI is InChI=1S/C21H32N6O/c1-17(2)15-26-11-12-28-20(16-26)14-24-21(22-3)23-13-18-5-7-19(8-6-18)27-10-4-9-25-27/h4-10,17,20H,11-16H2,1-3H3,(H2,22,23,24). The molecule has 0 bridgehead atoms. The Morgan fingerprint density at radius 1 is 1.29 bits per heavy atom. The Morgan fingerprint density at radius 3 is 2.79 bits per heavy atom. The second-order valence-corrected chi connectivity index (χ2v) is 7.57. The summed E-state index contributed by atoms with van der Waals surface area (Å²) >= 11 is 0. The molecule has 1 fully saturated rings. The average molecular weight is 385 g/mol. The molecule has 0 saturated carbocycles. The first-order chi connectivity index (χ1) is 13.6. The maximum absolute atomic E-state index is 5.90. The van der Waals surface area contributed by atoms with Gasteiger partial charge in [0.05, 0.1) is 18.4 Å². The summed E-state index contributed by atoms with van der Waals surface area (Å²) in [7, 11) is 1.79. The smallest absolute Gasteiger partial charge is 0.191 e. The highest BCUT2D eigenvalue weighted by Crippen LogP contribution is 2.09. The van der Waals surface area contributed by atoms with E-state index < -0.39 is 0 Å². The molecule has 1 aliphatic rings. The maximum atomic E-state index is 5.90. The predicted octanol–water partition coefficient (Wildman–Crippen LogP) is 1.89. The molecule has 7 nitrogen and oxygen atoms in total. The Labute approximate surface area is 167 Å². The highest BCUT2D eigenvalue weighted by Gasteiger charge is 2.21. The molecule has 2 N–H and O–H groups in total. The third-order valence-corrected chi connectivity index (χ3v) is 4.73. The second kappa shape index (κ2) is 10.2. The van der Waals surface area contributed by atoms with Gasteiger partial charge in [-0.05, 0) is 29.7 Å². The minimum Gasteiger partial charge on any atom is -0.374 e. The van der Waals surface area contributed by atoms with E-state index in [0.717, 1.165) is 44.4 Å². The lowest BCUT2D eigenvalue weighted by molar-refractivity contribution is -0.0284. The van der Waals surface area contributed by atoms with Crippen LogP contribution in [0.25, 0.3) is 5.69 Å². The minimum absolute atomic E-state index is 0.194. The van der Waals surface area contributed by atoms with Crippen LogP contribution in [0, 0.1) is 5.92 Å². The number of nitrogens with one attached hydrogen (secondary N) is 2. The quantitative estimate of drug-likeness (QED) is 0.564. The fraction of sp³-hybridized carbons (Fsp3) is 0.524. The van der Waals surface area contributed by atoms with Crippen molar-refractivity contribution in [2.75, 3.05) is 39.8 Å². The third kappa shape index (κ3) is 6.07. The summed E-state index contributed by atoms with van der Waals surface area (Å²) < 4.78 is 7.75. The number of rotatable bonds is 7. The predicted molar refractivity (Wildman–Crippen MR) is 113 cm³/mol. The number of ether oxygens (including phenoxy) is 1. The van der Waals surface area contributed by atoms with Gasteiger partial charge in [-0.25, -0.2) is 4.68 Å². The molecule has 152 valence electrons. The van der Waals surface area contributed by atoms with Crippen molar-refractivity contribution < 1.29 is 4.74 Å². The molecule has 0 aliphatic carbocycles. The second-order valence-electron chi connectivity index (χ2n) is 7.57. The van der Waals surface area contributed by atoms with Crippen LogP contribution >= 0.6 is 0 Å². The lowest BCUT2D eigenvalue weighted by Crippen LogP contribution is -2.50. The minimum atomic E-state index is 0.194. The molecule has 28 heavy (non-hydrogen) atoms. The molecule has 7 heteroatoms. The van der Waals surface area contributed by atoms with Gasteiger partial charge in [0, 0.05) is 52.2 Å². The van der Waals surface area contributed by atoms with Crippen LogP contribution in [0.4, 0.5) is 0 Å². The van der Waals surface area contributed by atoms with Crippen LogP contribution in [-0.2, 0) is 11.3 Å². The molecule has 0 spiro atoms. The first kappa shape index (κ1) is 20.4. The van der Waals surface area contributed by atoms with Crippen molar-refractivity contribution in [3.05, 3.63) is 48.3 Å².